The predicted molar refractivity (Wildman–Crippen MR) is 90.9 cm³/mol. The fourth-order valence-electron chi connectivity index (χ4n) is 2.67. The fourth-order valence-corrected chi connectivity index (χ4v) is 3.36. The van der Waals surface area contributed by atoms with Crippen molar-refractivity contribution in [3.63, 3.8) is 0 Å². The molecule has 0 spiro atoms. The topological polar surface area (TPSA) is 15.3 Å². The first-order chi connectivity index (χ1) is 10.3. The highest BCUT2D eigenvalue weighted by Gasteiger charge is 2.24. The molecule has 1 heterocycles. The van der Waals surface area contributed by atoms with E-state index < -0.39 is 0 Å². The minimum absolute atomic E-state index is 0.465. The molecule has 1 fully saturated rings. The van der Waals surface area contributed by atoms with Gasteiger partial charge in [-0.2, -0.15) is 0 Å². The quantitative estimate of drug-likeness (QED) is 0.799. The van der Waals surface area contributed by atoms with Gasteiger partial charge in [0.05, 0.1) is 0 Å². The lowest BCUT2D eigenvalue weighted by Gasteiger charge is -2.29. The van der Waals surface area contributed by atoms with Crippen LogP contribution in [0.3, 0.4) is 0 Å². The lowest BCUT2D eigenvalue weighted by atomic mass is 10.1. The lowest BCUT2D eigenvalue weighted by Crippen LogP contribution is -2.35. The lowest BCUT2D eigenvalue weighted by molar-refractivity contribution is 0.240. The third-order valence-electron chi connectivity index (χ3n) is 4.18. The Bertz CT molecular complexity index is 519. The Labute approximate surface area is 131 Å². The normalized spacial score (nSPS) is 16.3. The average Bonchev–Trinajstić information content (AvgIpc) is 3.20. The number of nitrogens with one attached hydrogen (secondary N) is 1. The molecule has 0 radical (unpaired) electrons. The molecule has 0 saturated heterocycles. The fraction of sp³-hybridized carbons (Fsp3) is 0.444. The SMILES string of the molecule is CN(CCc1cccs1)C(CNC1CC1)c1ccccc1. The van der Waals surface area contributed by atoms with E-state index in [1.165, 1.54) is 23.3 Å². The number of hydrogen-bond acceptors (Lipinski definition) is 3. The van der Waals surface area contributed by atoms with Crippen LogP contribution in [0.15, 0.2) is 47.8 Å². The van der Waals surface area contributed by atoms with Crippen LogP contribution in [0.25, 0.3) is 0 Å². The van der Waals surface area contributed by atoms with E-state index in [0.717, 1.165) is 25.6 Å². The Hall–Kier alpha value is -1.16. The molecule has 21 heavy (non-hydrogen) atoms. The van der Waals surface area contributed by atoms with E-state index >= 15 is 0 Å². The molecule has 1 aliphatic rings. The number of thiophene rings is 1. The zero-order valence-corrected chi connectivity index (χ0v) is 13.5. The molecule has 1 aromatic heterocycles. The van der Waals surface area contributed by atoms with Crippen LogP contribution in [0.2, 0.25) is 0 Å². The number of rotatable bonds is 8. The van der Waals surface area contributed by atoms with E-state index in [4.69, 9.17) is 0 Å². The summed E-state index contributed by atoms with van der Waals surface area (Å²) in [5.41, 5.74) is 1.42. The highest BCUT2D eigenvalue weighted by Crippen LogP contribution is 2.23. The Balaban J connectivity index is 1.61. The van der Waals surface area contributed by atoms with Gasteiger partial charge in [0.25, 0.3) is 0 Å². The summed E-state index contributed by atoms with van der Waals surface area (Å²) < 4.78 is 0. The van der Waals surface area contributed by atoms with Crippen LogP contribution >= 0.6 is 11.3 Å². The standard InChI is InChI=1S/C18H24N2S/c1-20(12-11-17-8-5-13-21-17)18(14-19-16-9-10-16)15-6-3-2-4-7-15/h2-8,13,16,18-19H,9-12,14H2,1H3. The van der Waals surface area contributed by atoms with E-state index in [1.54, 1.807) is 0 Å². The molecule has 1 atom stereocenters. The Morgan fingerprint density at radius 2 is 2.00 bits per heavy atom. The summed E-state index contributed by atoms with van der Waals surface area (Å²) in [7, 11) is 2.25. The van der Waals surface area contributed by atoms with Gasteiger partial charge in [-0.1, -0.05) is 36.4 Å². The van der Waals surface area contributed by atoms with Crippen molar-refractivity contribution in [1.29, 1.82) is 0 Å². The van der Waals surface area contributed by atoms with Gasteiger partial charge < -0.3 is 5.32 Å². The second kappa shape index (κ2) is 7.21. The third-order valence-corrected chi connectivity index (χ3v) is 5.12. The van der Waals surface area contributed by atoms with Crippen LogP contribution in [-0.4, -0.2) is 31.1 Å². The van der Waals surface area contributed by atoms with Crippen molar-refractivity contribution < 1.29 is 0 Å². The molecule has 3 heteroatoms. The van der Waals surface area contributed by atoms with Crippen LogP contribution in [-0.2, 0) is 6.42 Å². The molecule has 1 unspecified atom stereocenters. The van der Waals surface area contributed by atoms with Crippen LogP contribution in [0.1, 0.15) is 29.3 Å². The summed E-state index contributed by atoms with van der Waals surface area (Å²) in [6, 6.07) is 16.5. The van der Waals surface area contributed by atoms with Crippen LogP contribution in [0.5, 0.6) is 0 Å². The third kappa shape index (κ3) is 4.40. The van der Waals surface area contributed by atoms with Gasteiger partial charge in [0.1, 0.15) is 0 Å². The molecule has 2 aromatic rings. The summed E-state index contributed by atoms with van der Waals surface area (Å²) in [5, 5.41) is 5.86. The first kappa shape index (κ1) is 14.8. The minimum atomic E-state index is 0.465. The molecule has 0 bridgehead atoms. The molecular formula is C18H24N2S. The molecule has 1 aliphatic carbocycles. The van der Waals surface area contributed by atoms with Gasteiger partial charge in [-0.3, -0.25) is 4.90 Å². The molecule has 1 saturated carbocycles. The maximum Gasteiger partial charge on any atom is 0.0469 e. The van der Waals surface area contributed by atoms with E-state index in [1.807, 2.05) is 11.3 Å². The zero-order chi connectivity index (χ0) is 14.5. The number of hydrogen-bond donors (Lipinski definition) is 1. The Morgan fingerprint density at radius 1 is 1.19 bits per heavy atom. The number of nitrogens with zero attached hydrogens (tertiary/aromatic N) is 1. The maximum absolute atomic E-state index is 3.69. The molecule has 1 aromatic carbocycles. The smallest absolute Gasteiger partial charge is 0.0469 e. The summed E-state index contributed by atoms with van der Waals surface area (Å²) in [4.78, 5) is 3.97. The first-order valence-electron chi connectivity index (χ1n) is 7.84. The summed E-state index contributed by atoms with van der Waals surface area (Å²) >= 11 is 1.86. The Morgan fingerprint density at radius 3 is 2.67 bits per heavy atom. The monoisotopic (exact) mass is 300 g/mol. The van der Waals surface area contributed by atoms with Crippen LogP contribution < -0.4 is 5.32 Å². The predicted octanol–water partition coefficient (Wildman–Crippen LogP) is 3.72. The summed E-state index contributed by atoms with van der Waals surface area (Å²) in [6.45, 7) is 2.15. The molecular weight excluding hydrogens is 276 g/mol. The van der Waals surface area contributed by atoms with Gasteiger partial charge in [0.15, 0.2) is 0 Å². The van der Waals surface area contributed by atoms with Gasteiger partial charge in [0, 0.05) is 30.1 Å². The highest BCUT2D eigenvalue weighted by molar-refractivity contribution is 7.09. The molecule has 2 nitrogen and oxygen atoms in total. The molecule has 112 valence electrons. The van der Waals surface area contributed by atoms with Crippen molar-refractivity contribution in [3.05, 3.63) is 58.3 Å². The van der Waals surface area contributed by atoms with Crippen molar-refractivity contribution >= 4 is 11.3 Å². The van der Waals surface area contributed by atoms with Crippen molar-refractivity contribution in [2.45, 2.75) is 31.3 Å². The second-order valence-corrected chi connectivity index (χ2v) is 6.95. The number of likely N-dealkylation sites (N-methyl/N-ethyl adjacent to an activating group) is 1. The van der Waals surface area contributed by atoms with Crippen LogP contribution in [0.4, 0.5) is 0 Å². The highest BCUT2D eigenvalue weighted by atomic mass is 32.1. The first-order valence-corrected chi connectivity index (χ1v) is 8.72. The van der Waals surface area contributed by atoms with Crippen molar-refractivity contribution in [1.82, 2.24) is 10.2 Å². The van der Waals surface area contributed by atoms with E-state index in [0.29, 0.717) is 6.04 Å². The minimum Gasteiger partial charge on any atom is -0.312 e. The van der Waals surface area contributed by atoms with Gasteiger partial charge in [-0.15, -0.1) is 11.3 Å². The number of benzene rings is 1. The summed E-state index contributed by atoms with van der Waals surface area (Å²) in [5.74, 6) is 0. The maximum atomic E-state index is 3.69. The molecule has 1 N–H and O–H groups in total. The summed E-state index contributed by atoms with van der Waals surface area (Å²) in [6.07, 6.45) is 3.84. The van der Waals surface area contributed by atoms with E-state index in [-0.39, 0.29) is 0 Å². The second-order valence-electron chi connectivity index (χ2n) is 5.92. The zero-order valence-electron chi connectivity index (χ0n) is 12.7. The molecule has 0 amide bonds. The largest absolute Gasteiger partial charge is 0.312 e. The van der Waals surface area contributed by atoms with Gasteiger partial charge in [0.2, 0.25) is 0 Å². The van der Waals surface area contributed by atoms with E-state index in [9.17, 15) is 0 Å². The molecule has 3 rings (SSSR count). The van der Waals surface area contributed by atoms with Gasteiger partial charge in [-0.25, -0.2) is 0 Å². The van der Waals surface area contributed by atoms with Gasteiger partial charge >= 0.3 is 0 Å². The van der Waals surface area contributed by atoms with Crippen LogP contribution in [0, 0.1) is 0 Å². The van der Waals surface area contributed by atoms with Crippen molar-refractivity contribution in [3.8, 4) is 0 Å². The van der Waals surface area contributed by atoms with Gasteiger partial charge in [-0.05, 0) is 43.3 Å². The van der Waals surface area contributed by atoms with Crippen molar-refractivity contribution in [2.75, 3.05) is 20.1 Å². The molecule has 0 aliphatic heterocycles. The average molecular weight is 300 g/mol. The Kier molecular flexibility index (Phi) is 5.07. The van der Waals surface area contributed by atoms with E-state index in [2.05, 4.69) is 65.1 Å². The van der Waals surface area contributed by atoms with Crippen molar-refractivity contribution in [2.24, 2.45) is 0 Å².